The maximum absolute atomic E-state index is 3.62. The zero-order chi connectivity index (χ0) is 12.6. The van der Waals surface area contributed by atoms with E-state index < -0.39 is 0 Å². The third-order valence-corrected chi connectivity index (χ3v) is 3.90. The highest BCUT2D eigenvalue weighted by Gasteiger charge is 2.12. The zero-order valence-corrected chi connectivity index (χ0v) is 11.6. The number of nitrogens with one attached hydrogen (secondary N) is 1. The Morgan fingerprint density at radius 3 is 2.72 bits per heavy atom. The summed E-state index contributed by atoms with van der Waals surface area (Å²) in [6.07, 6.45) is 6.60. The lowest BCUT2D eigenvalue weighted by Gasteiger charge is -2.26. The molecule has 1 heterocycles. The van der Waals surface area contributed by atoms with Gasteiger partial charge in [0.05, 0.1) is 0 Å². The lowest BCUT2D eigenvalue weighted by atomic mass is 10.0. The summed E-state index contributed by atoms with van der Waals surface area (Å²) in [5, 5.41) is 3.62. The minimum absolute atomic E-state index is 0.762. The van der Waals surface area contributed by atoms with Crippen LogP contribution in [-0.2, 0) is 6.42 Å². The monoisotopic (exact) mass is 246 g/mol. The summed E-state index contributed by atoms with van der Waals surface area (Å²) in [5.74, 6) is 0. The molecule has 1 aliphatic rings. The van der Waals surface area contributed by atoms with E-state index in [1.54, 1.807) is 0 Å². The molecule has 1 unspecified atom stereocenters. The summed E-state index contributed by atoms with van der Waals surface area (Å²) < 4.78 is 0. The van der Waals surface area contributed by atoms with Crippen LogP contribution in [0.25, 0.3) is 0 Å². The van der Waals surface area contributed by atoms with Crippen molar-refractivity contribution in [1.29, 1.82) is 0 Å². The van der Waals surface area contributed by atoms with E-state index in [0.29, 0.717) is 0 Å². The van der Waals surface area contributed by atoms with Gasteiger partial charge in [-0.25, -0.2) is 0 Å². The molecule has 1 atom stereocenters. The van der Waals surface area contributed by atoms with Crippen LogP contribution < -0.4 is 5.32 Å². The van der Waals surface area contributed by atoms with Crippen molar-refractivity contribution >= 4 is 0 Å². The van der Waals surface area contributed by atoms with Gasteiger partial charge in [0.25, 0.3) is 0 Å². The first-order valence-electron chi connectivity index (χ1n) is 7.30. The quantitative estimate of drug-likeness (QED) is 0.830. The van der Waals surface area contributed by atoms with Gasteiger partial charge in [0.1, 0.15) is 0 Å². The molecule has 2 heteroatoms. The summed E-state index contributed by atoms with van der Waals surface area (Å²) in [7, 11) is 2.24. The fraction of sp³-hybridized carbons (Fsp3) is 0.625. The van der Waals surface area contributed by atoms with Crippen molar-refractivity contribution in [3.63, 3.8) is 0 Å². The molecule has 100 valence electrons. The van der Waals surface area contributed by atoms with E-state index in [1.165, 1.54) is 44.3 Å². The predicted octanol–water partition coefficient (Wildman–Crippen LogP) is 2.69. The molecule has 1 N–H and O–H groups in total. The Labute approximate surface area is 111 Å². The number of benzene rings is 1. The Balaban J connectivity index is 1.61. The normalized spacial score (nSPS) is 20.2. The van der Waals surface area contributed by atoms with Crippen LogP contribution in [0.4, 0.5) is 0 Å². The van der Waals surface area contributed by atoms with Crippen LogP contribution in [0.15, 0.2) is 30.3 Å². The zero-order valence-electron chi connectivity index (χ0n) is 11.6. The van der Waals surface area contributed by atoms with Gasteiger partial charge in [-0.2, -0.15) is 0 Å². The summed E-state index contributed by atoms with van der Waals surface area (Å²) in [4.78, 5) is 2.46. The van der Waals surface area contributed by atoms with Crippen molar-refractivity contribution in [1.82, 2.24) is 10.2 Å². The Morgan fingerprint density at radius 1 is 1.17 bits per heavy atom. The van der Waals surface area contributed by atoms with Gasteiger partial charge < -0.3 is 10.2 Å². The van der Waals surface area contributed by atoms with E-state index in [1.807, 2.05) is 0 Å². The molecule has 0 spiro atoms. The van der Waals surface area contributed by atoms with E-state index in [4.69, 9.17) is 0 Å². The summed E-state index contributed by atoms with van der Waals surface area (Å²) >= 11 is 0. The van der Waals surface area contributed by atoms with E-state index in [9.17, 15) is 0 Å². The number of piperidine rings is 1. The molecule has 0 bridgehead atoms. The SMILES string of the molecule is CN(CCc1ccccc1)CCC1CCCCN1. The highest BCUT2D eigenvalue weighted by Crippen LogP contribution is 2.10. The Bertz CT molecular complexity index is 317. The summed E-state index contributed by atoms with van der Waals surface area (Å²) in [6, 6.07) is 11.5. The first-order chi connectivity index (χ1) is 8.84. The van der Waals surface area contributed by atoms with Crippen molar-refractivity contribution in [2.24, 2.45) is 0 Å². The van der Waals surface area contributed by atoms with Crippen molar-refractivity contribution in [3.8, 4) is 0 Å². The van der Waals surface area contributed by atoms with Crippen molar-refractivity contribution in [2.75, 3.05) is 26.7 Å². The molecule has 0 amide bonds. The molecule has 1 aromatic rings. The van der Waals surface area contributed by atoms with Gasteiger partial charge in [-0.1, -0.05) is 36.8 Å². The number of nitrogens with zero attached hydrogens (tertiary/aromatic N) is 1. The Kier molecular flexibility index (Phi) is 5.69. The highest BCUT2D eigenvalue weighted by molar-refractivity contribution is 5.14. The molecule has 18 heavy (non-hydrogen) atoms. The third kappa shape index (κ3) is 4.79. The van der Waals surface area contributed by atoms with Gasteiger partial charge in [-0.3, -0.25) is 0 Å². The standard InChI is InChI=1S/C16H26N2/c1-18(13-10-15-7-3-2-4-8-15)14-11-16-9-5-6-12-17-16/h2-4,7-8,16-17H,5-6,9-14H2,1H3. The number of hydrogen-bond donors (Lipinski definition) is 1. The molecule has 0 aromatic heterocycles. The molecule has 0 aliphatic carbocycles. The fourth-order valence-electron chi connectivity index (χ4n) is 2.62. The molecular weight excluding hydrogens is 220 g/mol. The van der Waals surface area contributed by atoms with Crippen LogP contribution in [0, 0.1) is 0 Å². The van der Waals surface area contributed by atoms with Crippen LogP contribution in [-0.4, -0.2) is 37.6 Å². The Morgan fingerprint density at radius 2 is 2.00 bits per heavy atom. The van der Waals surface area contributed by atoms with Gasteiger partial charge >= 0.3 is 0 Å². The molecule has 2 nitrogen and oxygen atoms in total. The average molecular weight is 246 g/mol. The molecule has 2 rings (SSSR count). The van der Waals surface area contributed by atoms with Gasteiger partial charge in [-0.15, -0.1) is 0 Å². The molecule has 1 aromatic carbocycles. The summed E-state index contributed by atoms with van der Waals surface area (Å²) in [6.45, 7) is 3.60. The van der Waals surface area contributed by atoms with E-state index in [-0.39, 0.29) is 0 Å². The summed E-state index contributed by atoms with van der Waals surface area (Å²) in [5.41, 5.74) is 1.44. The molecule has 0 saturated carbocycles. The Hall–Kier alpha value is -0.860. The minimum atomic E-state index is 0.762. The average Bonchev–Trinajstić information content (AvgIpc) is 2.45. The van der Waals surface area contributed by atoms with Crippen LogP contribution in [0.5, 0.6) is 0 Å². The second-order valence-electron chi connectivity index (χ2n) is 5.47. The smallest absolute Gasteiger partial charge is 0.00792 e. The van der Waals surface area contributed by atoms with Crippen molar-refractivity contribution in [2.45, 2.75) is 38.1 Å². The lowest BCUT2D eigenvalue weighted by molar-refractivity contribution is 0.290. The van der Waals surface area contributed by atoms with Crippen LogP contribution in [0.2, 0.25) is 0 Å². The van der Waals surface area contributed by atoms with E-state index >= 15 is 0 Å². The maximum atomic E-state index is 3.62. The molecule has 0 radical (unpaired) electrons. The predicted molar refractivity (Wildman–Crippen MR) is 77.9 cm³/mol. The van der Waals surface area contributed by atoms with Crippen LogP contribution >= 0.6 is 0 Å². The highest BCUT2D eigenvalue weighted by atomic mass is 15.1. The number of rotatable bonds is 6. The fourth-order valence-corrected chi connectivity index (χ4v) is 2.62. The molecular formula is C16H26N2. The third-order valence-electron chi connectivity index (χ3n) is 3.90. The van der Waals surface area contributed by atoms with Gasteiger partial charge in [0, 0.05) is 12.6 Å². The first-order valence-corrected chi connectivity index (χ1v) is 7.30. The van der Waals surface area contributed by atoms with E-state index in [0.717, 1.165) is 19.0 Å². The van der Waals surface area contributed by atoms with Crippen molar-refractivity contribution < 1.29 is 0 Å². The first kappa shape index (κ1) is 13.6. The number of likely N-dealkylation sites (N-methyl/N-ethyl adjacent to an activating group) is 1. The maximum Gasteiger partial charge on any atom is 0.00792 e. The van der Waals surface area contributed by atoms with Crippen molar-refractivity contribution in [3.05, 3.63) is 35.9 Å². The van der Waals surface area contributed by atoms with Gasteiger partial charge in [0.2, 0.25) is 0 Å². The van der Waals surface area contributed by atoms with Crippen LogP contribution in [0.3, 0.4) is 0 Å². The molecule has 1 fully saturated rings. The van der Waals surface area contributed by atoms with Gasteiger partial charge in [0.15, 0.2) is 0 Å². The second-order valence-corrected chi connectivity index (χ2v) is 5.47. The van der Waals surface area contributed by atoms with Gasteiger partial charge in [-0.05, 0) is 51.4 Å². The second kappa shape index (κ2) is 7.55. The molecule has 1 aliphatic heterocycles. The minimum Gasteiger partial charge on any atom is -0.314 e. The molecule has 1 saturated heterocycles. The largest absolute Gasteiger partial charge is 0.314 e. The number of hydrogen-bond acceptors (Lipinski definition) is 2. The lowest BCUT2D eigenvalue weighted by Crippen LogP contribution is -2.37. The van der Waals surface area contributed by atoms with E-state index in [2.05, 4.69) is 47.6 Å². The topological polar surface area (TPSA) is 15.3 Å². The van der Waals surface area contributed by atoms with Crippen LogP contribution in [0.1, 0.15) is 31.2 Å².